The zero-order valence-electron chi connectivity index (χ0n) is 41.8. The van der Waals surface area contributed by atoms with Gasteiger partial charge in [0.25, 0.3) is 0 Å². The molecular formula is C57H67N3O9S2. The highest BCUT2D eigenvalue weighted by Crippen LogP contribution is 2.34. The van der Waals surface area contributed by atoms with Crippen molar-refractivity contribution in [2.24, 2.45) is 0 Å². The van der Waals surface area contributed by atoms with Crippen LogP contribution in [-0.2, 0) is 49.8 Å². The summed E-state index contributed by atoms with van der Waals surface area (Å²) in [5.74, 6) is 2.15. The highest BCUT2D eigenvalue weighted by molar-refractivity contribution is 7.98. The highest BCUT2D eigenvalue weighted by atomic mass is 32.2. The molecule has 5 N–H and O–H groups in total. The third-order valence-electron chi connectivity index (χ3n) is 9.90. The predicted octanol–water partition coefficient (Wildman–Crippen LogP) is 12.0. The molecule has 6 aromatic rings. The Kier molecular flexibility index (Phi) is 22.9. The van der Waals surface area contributed by atoms with E-state index in [0.717, 1.165) is 55.2 Å². The Labute approximate surface area is 427 Å². The largest absolute Gasteiger partial charge is 0.496 e. The highest BCUT2D eigenvalue weighted by Gasteiger charge is 2.26. The molecule has 0 aliphatic rings. The van der Waals surface area contributed by atoms with Crippen LogP contribution < -0.4 is 25.8 Å². The first-order valence-electron chi connectivity index (χ1n) is 23.1. The molecule has 14 heteroatoms. The number of carboxylic acids is 1. The number of thioether (sulfide) groups is 2. The number of ketones is 1. The summed E-state index contributed by atoms with van der Waals surface area (Å²) in [5, 5.41) is 14.2. The number of methoxy groups -OCH3 is 2. The maximum Gasteiger partial charge on any atom is 0.408 e. The van der Waals surface area contributed by atoms with E-state index in [4.69, 9.17) is 29.8 Å². The summed E-state index contributed by atoms with van der Waals surface area (Å²) in [6.07, 6.45) is -0.545. The number of benzene rings is 6. The van der Waals surface area contributed by atoms with Crippen LogP contribution in [0.2, 0.25) is 0 Å². The van der Waals surface area contributed by atoms with Crippen LogP contribution in [0, 0.1) is 0 Å². The van der Waals surface area contributed by atoms with Gasteiger partial charge < -0.3 is 40.4 Å². The van der Waals surface area contributed by atoms with Crippen molar-refractivity contribution in [3.05, 3.63) is 186 Å². The van der Waals surface area contributed by atoms with Crippen molar-refractivity contribution in [3.63, 3.8) is 0 Å². The van der Waals surface area contributed by atoms with E-state index in [0.29, 0.717) is 6.42 Å². The Bertz CT molecular complexity index is 2570. The number of hydrogen-bond acceptors (Lipinski definition) is 11. The van der Waals surface area contributed by atoms with E-state index in [9.17, 15) is 19.2 Å². The summed E-state index contributed by atoms with van der Waals surface area (Å²) in [6.45, 7) is 10.6. The molecule has 0 saturated carbocycles. The minimum absolute atomic E-state index is 0.0912. The third kappa shape index (κ3) is 22.2. The summed E-state index contributed by atoms with van der Waals surface area (Å²) < 4.78 is 21.4. The van der Waals surface area contributed by atoms with Crippen molar-refractivity contribution in [2.45, 2.75) is 105 Å². The van der Waals surface area contributed by atoms with Crippen LogP contribution >= 0.6 is 23.5 Å². The second kappa shape index (κ2) is 28.7. The normalized spacial score (nSPS) is 11.7. The number of carboxylic acid groups (broad SMARTS) is 1. The van der Waals surface area contributed by atoms with Crippen molar-refractivity contribution in [3.8, 4) is 11.5 Å². The number of anilines is 1. The number of hydrogen-bond donors (Lipinski definition) is 4. The molecule has 2 atom stereocenters. The Morgan fingerprint density at radius 1 is 0.521 bits per heavy atom. The van der Waals surface area contributed by atoms with E-state index in [2.05, 4.69) is 47.0 Å². The summed E-state index contributed by atoms with van der Waals surface area (Å²) in [6, 6.07) is 49.3. The first-order valence-corrected chi connectivity index (χ1v) is 25.0. The lowest BCUT2D eigenvalue weighted by Crippen LogP contribution is -2.45. The number of Topliss-reactive ketones (excluding diaryl/α,β-unsaturated/α-hetero) is 1. The van der Waals surface area contributed by atoms with Gasteiger partial charge in [0.05, 0.1) is 20.3 Å². The minimum atomic E-state index is -1.09. The van der Waals surface area contributed by atoms with Crippen molar-refractivity contribution < 1.29 is 43.2 Å². The molecule has 6 aromatic carbocycles. The summed E-state index contributed by atoms with van der Waals surface area (Å²) in [5.41, 5.74) is 10.3. The molecule has 0 spiro atoms. The van der Waals surface area contributed by atoms with E-state index in [-0.39, 0.29) is 18.6 Å². The second-order valence-electron chi connectivity index (χ2n) is 18.2. The fourth-order valence-electron chi connectivity index (χ4n) is 6.58. The molecule has 0 fully saturated rings. The van der Waals surface area contributed by atoms with Gasteiger partial charge in [-0.25, -0.2) is 14.4 Å². The lowest BCUT2D eigenvalue weighted by atomic mass is 9.97. The van der Waals surface area contributed by atoms with Crippen LogP contribution in [0.1, 0.15) is 69.4 Å². The Balaban J connectivity index is 0.000000256. The summed E-state index contributed by atoms with van der Waals surface area (Å²) in [7, 11) is 3.30. The first kappa shape index (κ1) is 56.7. The number of alkyl carbamates (subject to hydrolysis) is 2. The maximum absolute atomic E-state index is 13.3. The van der Waals surface area contributed by atoms with E-state index < -0.39 is 41.4 Å². The maximum atomic E-state index is 13.3. The molecule has 0 aromatic heterocycles. The first-order chi connectivity index (χ1) is 33.8. The Morgan fingerprint density at radius 2 is 0.901 bits per heavy atom. The third-order valence-corrected chi connectivity index (χ3v) is 12.2. The van der Waals surface area contributed by atoms with Crippen LogP contribution in [0.15, 0.2) is 168 Å². The smallest absolute Gasteiger partial charge is 0.408 e. The van der Waals surface area contributed by atoms with Crippen LogP contribution in [0.5, 0.6) is 11.5 Å². The molecule has 0 heterocycles. The van der Waals surface area contributed by atoms with Gasteiger partial charge in [0.1, 0.15) is 28.7 Å². The monoisotopic (exact) mass is 1000 g/mol. The average molecular weight is 1000 g/mol. The van der Waals surface area contributed by atoms with Crippen LogP contribution in [0.4, 0.5) is 15.3 Å². The van der Waals surface area contributed by atoms with Gasteiger partial charge in [0.2, 0.25) is 0 Å². The van der Waals surface area contributed by atoms with Crippen molar-refractivity contribution in [1.82, 2.24) is 10.6 Å². The van der Waals surface area contributed by atoms with E-state index in [1.807, 2.05) is 121 Å². The molecule has 0 aliphatic heterocycles. The number of nitrogen functional groups attached to an aromatic ring is 1. The average Bonchev–Trinajstić information content (AvgIpc) is 3.33. The molecule has 0 aliphatic carbocycles. The Hall–Kier alpha value is -6.90. The standard InChI is InChI=1S/C29H33NO4S.C14H19NO4.C14H15NOS/c1-29(2,3)34-28(32)30-24(17-21-11-7-5-8-12-21)25(31)18-23-15-16-27(26(19-23)33-4)35-20-22-13-9-6-10-14-22;1-14(2,3)19-13(18)15-11(12(16)17)9-10-7-5-4-6-8-10;1-16-13-9-12(15)7-8-14(13)17-10-11-5-3-2-4-6-11/h5-16,19,24H,17-18,20H2,1-4H3,(H,30,32);4-8,11H,9H2,1-3H3,(H,15,18)(H,16,17);2-9H,10,15H2,1H3/t24-;11-;/m00./s1. The molecule has 6 rings (SSSR count). The number of ether oxygens (including phenoxy) is 4. The minimum Gasteiger partial charge on any atom is -0.496 e. The molecule has 0 radical (unpaired) electrons. The number of nitrogens with two attached hydrogens (primary N) is 1. The molecule has 0 unspecified atom stereocenters. The van der Waals surface area contributed by atoms with Gasteiger partial charge in [-0.1, -0.05) is 127 Å². The van der Waals surface area contributed by atoms with Gasteiger partial charge >= 0.3 is 18.2 Å². The molecule has 12 nitrogen and oxygen atoms in total. The molecule has 2 amide bonds. The van der Waals surface area contributed by atoms with Gasteiger partial charge in [-0.3, -0.25) is 4.79 Å². The van der Waals surface area contributed by atoms with Crippen molar-refractivity contribution in [1.29, 1.82) is 0 Å². The fourth-order valence-corrected chi connectivity index (χ4v) is 8.51. The zero-order chi connectivity index (χ0) is 51.8. The van der Waals surface area contributed by atoms with Gasteiger partial charge in [0, 0.05) is 45.9 Å². The van der Waals surface area contributed by atoms with Crippen molar-refractivity contribution in [2.75, 3.05) is 20.0 Å². The molecule has 376 valence electrons. The number of nitrogens with one attached hydrogen (secondary N) is 2. The fraction of sp³-hybridized carbons (Fsp3) is 0.298. The summed E-state index contributed by atoms with van der Waals surface area (Å²) >= 11 is 3.44. The SMILES string of the molecule is CC(C)(C)OC(=O)N[C@@H](Cc1ccccc1)C(=O)O.COc1cc(CC(=O)[C@H](Cc2ccccc2)NC(=O)OC(C)(C)C)ccc1SCc1ccccc1.COc1cc(N)ccc1SCc1ccccc1. The van der Waals surface area contributed by atoms with E-state index in [1.165, 1.54) is 11.1 Å². The van der Waals surface area contributed by atoms with Gasteiger partial charge in [-0.2, -0.15) is 0 Å². The van der Waals surface area contributed by atoms with Gasteiger partial charge in [-0.15, -0.1) is 23.5 Å². The number of rotatable bonds is 18. The topological polar surface area (TPSA) is 176 Å². The molecular weight excluding hydrogens is 935 g/mol. The van der Waals surface area contributed by atoms with Crippen molar-refractivity contribution >= 4 is 53.2 Å². The molecule has 0 bridgehead atoms. The quantitative estimate of drug-likeness (QED) is 0.0474. The number of carbonyl (C=O) groups is 4. The lowest BCUT2D eigenvalue weighted by molar-refractivity contribution is -0.139. The second-order valence-corrected chi connectivity index (χ2v) is 20.2. The Morgan fingerprint density at radius 3 is 1.31 bits per heavy atom. The van der Waals surface area contributed by atoms with Gasteiger partial charge in [-0.05, 0) is 100 Å². The molecule has 0 saturated heterocycles. The predicted molar refractivity (Wildman–Crippen MR) is 285 cm³/mol. The number of aliphatic carboxylic acids is 1. The summed E-state index contributed by atoms with van der Waals surface area (Å²) in [4.78, 5) is 50.6. The lowest BCUT2D eigenvalue weighted by Gasteiger charge is -2.23. The van der Waals surface area contributed by atoms with E-state index >= 15 is 0 Å². The number of amides is 2. The van der Waals surface area contributed by atoms with E-state index in [1.54, 1.807) is 79.3 Å². The van der Waals surface area contributed by atoms with Gasteiger partial charge in [0.15, 0.2) is 5.78 Å². The van der Waals surface area contributed by atoms with Crippen LogP contribution in [0.3, 0.4) is 0 Å². The van der Waals surface area contributed by atoms with Crippen LogP contribution in [-0.4, -0.2) is 66.6 Å². The zero-order valence-corrected chi connectivity index (χ0v) is 43.4. The van der Waals surface area contributed by atoms with Crippen LogP contribution in [0.25, 0.3) is 0 Å². The molecule has 71 heavy (non-hydrogen) atoms. The number of carbonyl (C=O) groups excluding carboxylic acids is 3.